The lowest BCUT2D eigenvalue weighted by Crippen LogP contribution is -2.33. The van der Waals surface area contributed by atoms with Crippen LogP contribution in [0.25, 0.3) is 0 Å². The Morgan fingerprint density at radius 1 is 1.08 bits per heavy atom. The third-order valence-electron chi connectivity index (χ3n) is 7.67. The maximum Gasteiger partial charge on any atom is 0.258 e. The quantitative estimate of drug-likeness (QED) is 0.412. The molecular formula is C30H29ClFN3O3. The van der Waals surface area contributed by atoms with E-state index in [9.17, 15) is 14.0 Å². The average molecular weight is 534 g/mol. The number of carbonyl (C=O) groups excluding carboxylic acids is 2. The molecule has 3 aromatic rings. The van der Waals surface area contributed by atoms with Crippen LogP contribution in [0.2, 0.25) is 5.02 Å². The van der Waals surface area contributed by atoms with Crippen LogP contribution in [-0.4, -0.2) is 38.2 Å². The molecule has 1 fully saturated rings. The minimum absolute atomic E-state index is 0.00663. The van der Waals surface area contributed by atoms with Crippen molar-refractivity contribution in [3.05, 3.63) is 88.2 Å². The van der Waals surface area contributed by atoms with Crippen molar-refractivity contribution in [2.45, 2.75) is 32.1 Å². The van der Waals surface area contributed by atoms with Crippen molar-refractivity contribution < 1.29 is 18.7 Å². The number of amides is 2. The van der Waals surface area contributed by atoms with Crippen molar-refractivity contribution in [1.82, 2.24) is 0 Å². The van der Waals surface area contributed by atoms with Crippen molar-refractivity contribution >= 4 is 40.5 Å². The second kappa shape index (κ2) is 10.6. The highest BCUT2D eigenvalue weighted by Crippen LogP contribution is 2.46. The number of para-hydroxylation sites is 1. The van der Waals surface area contributed by atoms with Gasteiger partial charge in [0.25, 0.3) is 11.8 Å². The van der Waals surface area contributed by atoms with Gasteiger partial charge < -0.3 is 15.0 Å². The van der Waals surface area contributed by atoms with Gasteiger partial charge in [-0.25, -0.2) is 4.39 Å². The van der Waals surface area contributed by atoms with E-state index in [1.165, 1.54) is 30.5 Å². The summed E-state index contributed by atoms with van der Waals surface area (Å²) in [6, 6.07) is 16.6. The molecule has 1 saturated carbocycles. The number of aliphatic imine (C=N–C) groups is 1. The van der Waals surface area contributed by atoms with E-state index in [0.717, 1.165) is 43.9 Å². The Kier molecular flexibility index (Phi) is 7.21. The second-order valence-electron chi connectivity index (χ2n) is 9.97. The van der Waals surface area contributed by atoms with Crippen LogP contribution in [0, 0.1) is 11.2 Å². The first kappa shape index (κ1) is 25.9. The number of anilines is 2. The number of rotatable bonds is 4. The molecule has 6 nitrogen and oxygen atoms in total. The highest BCUT2D eigenvalue weighted by atomic mass is 35.5. The first-order valence-corrected chi connectivity index (χ1v) is 13.0. The lowest BCUT2D eigenvalue weighted by Gasteiger charge is -2.27. The highest BCUT2D eigenvalue weighted by Gasteiger charge is 2.40. The number of nitrogens with zero attached hydrogens (tertiary/aromatic N) is 2. The predicted octanol–water partition coefficient (Wildman–Crippen LogP) is 6.57. The summed E-state index contributed by atoms with van der Waals surface area (Å²) >= 11 is 6.08. The number of fused-ring (bicyclic) bond motifs is 1. The fraction of sp³-hybridized carbons (Fsp3) is 0.300. The van der Waals surface area contributed by atoms with Gasteiger partial charge in [0.1, 0.15) is 11.6 Å². The summed E-state index contributed by atoms with van der Waals surface area (Å²) in [5, 5.41) is 2.84. The predicted molar refractivity (Wildman–Crippen MR) is 148 cm³/mol. The summed E-state index contributed by atoms with van der Waals surface area (Å²) < 4.78 is 19.2. The van der Waals surface area contributed by atoms with Gasteiger partial charge >= 0.3 is 0 Å². The lowest BCUT2D eigenvalue weighted by molar-refractivity contribution is 0.0983. The fourth-order valence-corrected chi connectivity index (χ4v) is 5.82. The molecule has 1 N–H and O–H groups in total. The average Bonchev–Trinajstić information content (AvgIpc) is 3.25. The molecule has 1 spiro atoms. The van der Waals surface area contributed by atoms with Crippen molar-refractivity contribution in [2.24, 2.45) is 10.4 Å². The third kappa shape index (κ3) is 5.03. The van der Waals surface area contributed by atoms with E-state index >= 15 is 0 Å². The van der Waals surface area contributed by atoms with E-state index in [4.69, 9.17) is 16.3 Å². The number of ether oxygens (including phenoxy) is 1. The van der Waals surface area contributed by atoms with Gasteiger partial charge in [0.2, 0.25) is 0 Å². The van der Waals surface area contributed by atoms with Gasteiger partial charge in [-0.3, -0.25) is 14.6 Å². The number of halogens is 2. The van der Waals surface area contributed by atoms with Crippen molar-refractivity contribution in [2.75, 3.05) is 30.9 Å². The molecular weight excluding hydrogens is 505 g/mol. The van der Waals surface area contributed by atoms with Gasteiger partial charge in [-0.1, -0.05) is 29.8 Å². The van der Waals surface area contributed by atoms with E-state index < -0.39 is 11.7 Å². The molecule has 0 radical (unpaired) electrons. The van der Waals surface area contributed by atoms with Crippen molar-refractivity contribution in [3.63, 3.8) is 0 Å². The molecule has 2 amide bonds. The van der Waals surface area contributed by atoms with Crippen molar-refractivity contribution in [1.29, 1.82) is 0 Å². The Morgan fingerprint density at radius 2 is 1.89 bits per heavy atom. The van der Waals surface area contributed by atoms with E-state index in [2.05, 4.69) is 16.4 Å². The molecule has 0 saturated heterocycles. The molecule has 196 valence electrons. The van der Waals surface area contributed by atoms with Crippen LogP contribution in [0.4, 0.5) is 15.8 Å². The molecule has 8 heteroatoms. The van der Waals surface area contributed by atoms with Gasteiger partial charge in [0.15, 0.2) is 0 Å². The molecule has 5 rings (SSSR count). The molecule has 0 unspecified atom stereocenters. The number of benzene rings is 3. The SMILES string of the molecule is CN=C1CC[C@@]2(CCN(C(=O)c3ccc(NC(=O)c4cc(F)ccc4Cl)c(OC)c3)c3ccccc3C2)C1. The van der Waals surface area contributed by atoms with Gasteiger partial charge in [0, 0.05) is 30.6 Å². The van der Waals surface area contributed by atoms with Gasteiger partial charge in [-0.2, -0.15) is 0 Å². The van der Waals surface area contributed by atoms with Gasteiger partial charge in [-0.05, 0) is 85.5 Å². The molecule has 38 heavy (non-hydrogen) atoms. The summed E-state index contributed by atoms with van der Waals surface area (Å²) in [4.78, 5) is 32.9. The Hall–Kier alpha value is -3.71. The Balaban J connectivity index is 1.41. The van der Waals surface area contributed by atoms with Crippen LogP contribution < -0.4 is 15.0 Å². The van der Waals surface area contributed by atoms with E-state index in [0.29, 0.717) is 23.5 Å². The minimum atomic E-state index is -0.579. The summed E-state index contributed by atoms with van der Waals surface area (Å²) in [5.41, 5.74) is 4.26. The van der Waals surface area contributed by atoms with E-state index in [1.807, 2.05) is 30.1 Å². The first-order valence-electron chi connectivity index (χ1n) is 12.6. The monoisotopic (exact) mass is 533 g/mol. The molecule has 0 aromatic heterocycles. The highest BCUT2D eigenvalue weighted by molar-refractivity contribution is 6.34. The van der Waals surface area contributed by atoms with E-state index in [1.54, 1.807) is 18.2 Å². The normalized spacial score (nSPS) is 19.8. The Labute approximate surface area is 226 Å². The molecule has 3 aromatic carbocycles. The maximum absolute atomic E-state index is 13.8. The maximum atomic E-state index is 13.8. The van der Waals surface area contributed by atoms with Crippen LogP contribution >= 0.6 is 11.6 Å². The van der Waals surface area contributed by atoms with Crippen LogP contribution in [0.5, 0.6) is 5.75 Å². The van der Waals surface area contributed by atoms with Crippen molar-refractivity contribution in [3.8, 4) is 5.75 Å². The Morgan fingerprint density at radius 3 is 2.66 bits per heavy atom. The number of nitrogens with one attached hydrogen (secondary N) is 1. The molecule has 1 aliphatic carbocycles. The van der Waals surface area contributed by atoms with E-state index in [-0.39, 0.29) is 21.9 Å². The topological polar surface area (TPSA) is 71.0 Å². The number of hydrogen-bond donors (Lipinski definition) is 1. The number of carbonyl (C=O) groups is 2. The summed E-state index contributed by atoms with van der Waals surface area (Å²) in [6.45, 7) is 0.603. The number of methoxy groups -OCH3 is 1. The van der Waals surface area contributed by atoms with Crippen LogP contribution in [0.3, 0.4) is 0 Å². The molecule has 2 aliphatic rings. The fourth-order valence-electron chi connectivity index (χ4n) is 5.62. The smallest absolute Gasteiger partial charge is 0.258 e. The minimum Gasteiger partial charge on any atom is -0.495 e. The van der Waals surface area contributed by atoms with Gasteiger partial charge in [-0.15, -0.1) is 0 Å². The van der Waals surface area contributed by atoms with Crippen LogP contribution in [0.1, 0.15) is 52.0 Å². The van der Waals surface area contributed by atoms with Crippen LogP contribution in [-0.2, 0) is 6.42 Å². The standard InChI is InChI=1S/C30H29ClFN3O3/c1-33-22-11-12-30(18-22)13-14-35(26-6-4-3-5-20(26)17-30)29(37)19-7-10-25(27(15-19)38-2)34-28(36)23-16-21(32)8-9-24(23)31/h3-10,15-16H,11-14,17-18H2,1-2H3,(H,34,36)/t30-/m0/s1. The van der Waals surface area contributed by atoms with Gasteiger partial charge in [0.05, 0.1) is 23.4 Å². The summed E-state index contributed by atoms with van der Waals surface area (Å²) in [5.74, 6) is -0.968. The first-order chi connectivity index (χ1) is 18.3. The molecule has 1 heterocycles. The zero-order valence-corrected chi connectivity index (χ0v) is 22.1. The Bertz CT molecular complexity index is 1440. The zero-order valence-electron chi connectivity index (χ0n) is 21.4. The summed E-state index contributed by atoms with van der Waals surface area (Å²) in [6.07, 6.45) is 4.87. The van der Waals surface area contributed by atoms with Crippen LogP contribution in [0.15, 0.2) is 65.7 Å². The molecule has 0 bridgehead atoms. The lowest BCUT2D eigenvalue weighted by atomic mass is 9.78. The molecule has 1 atom stereocenters. The molecule has 1 aliphatic heterocycles. The largest absolute Gasteiger partial charge is 0.495 e. The zero-order chi connectivity index (χ0) is 26.9. The second-order valence-corrected chi connectivity index (χ2v) is 10.4. The summed E-state index contributed by atoms with van der Waals surface area (Å²) in [7, 11) is 3.33. The third-order valence-corrected chi connectivity index (χ3v) is 8.00. The number of hydrogen-bond acceptors (Lipinski definition) is 4.